The van der Waals surface area contributed by atoms with Crippen molar-refractivity contribution in [2.45, 2.75) is 64.3 Å². The fourth-order valence-corrected chi connectivity index (χ4v) is 3.27. The van der Waals surface area contributed by atoms with Gasteiger partial charge in [0, 0.05) is 6.10 Å². The van der Waals surface area contributed by atoms with Crippen LogP contribution >= 0.6 is 0 Å². The van der Waals surface area contributed by atoms with E-state index >= 15 is 0 Å². The molecule has 0 aromatic heterocycles. The zero-order chi connectivity index (χ0) is 12.6. The van der Waals surface area contributed by atoms with Gasteiger partial charge in [-0.15, -0.1) is 0 Å². The highest BCUT2D eigenvalue weighted by atomic mass is 28.4. The normalized spacial score (nSPS) is 27.1. The first kappa shape index (κ1) is 13.7. The minimum atomic E-state index is -1.73. The van der Waals surface area contributed by atoms with Crippen molar-refractivity contribution in [3.8, 4) is 0 Å². The lowest BCUT2D eigenvalue weighted by Gasteiger charge is -2.38. The highest BCUT2D eigenvalue weighted by Gasteiger charge is 2.41. The molecule has 0 amide bonds. The average molecular weight is 244 g/mol. The van der Waals surface area contributed by atoms with Gasteiger partial charge in [0.15, 0.2) is 8.32 Å². The number of hydrogen-bond donors (Lipinski definition) is 1. The molecule has 0 bridgehead atoms. The van der Waals surface area contributed by atoms with Gasteiger partial charge >= 0.3 is 5.97 Å². The summed E-state index contributed by atoms with van der Waals surface area (Å²) in [7, 11) is -1.73. The average Bonchev–Trinajstić information content (AvgIpc) is 2.49. The van der Waals surface area contributed by atoms with Crippen molar-refractivity contribution in [2.24, 2.45) is 5.92 Å². The number of hydrogen-bond acceptors (Lipinski definition) is 2. The topological polar surface area (TPSA) is 46.5 Å². The number of aliphatic carboxylic acids is 1. The van der Waals surface area contributed by atoms with E-state index in [9.17, 15) is 4.79 Å². The van der Waals surface area contributed by atoms with Crippen LogP contribution in [0.1, 0.15) is 40.0 Å². The summed E-state index contributed by atoms with van der Waals surface area (Å²) in [5.74, 6) is -0.851. The second-order valence-electron chi connectivity index (χ2n) is 6.35. The highest BCUT2D eigenvalue weighted by molar-refractivity contribution is 6.74. The van der Waals surface area contributed by atoms with Gasteiger partial charge in [-0.05, 0) is 37.4 Å². The summed E-state index contributed by atoms with van der Waals surface area (Å²) >= 11 is 0. The molecule has 2 unspecified atom stereocenters. The van der Waals surface area contributed by atoms with E-state index in [1.807, 2.05) is 0 Å². The van der Waals surface area contributed by atoms with Gasteiger partial charge in [-0.1, -0.05) is 20.8 Å². The van der Waals surface area contributed by atoms with E-state index in [0.717, 1.165) is 12.8 Å². The molecule has 1 aliphatic rings. The largest absolute Gasteiger partial charge is 0.481 e. The van der Waals surface area contributed by atoms with E-state index in [-0.39, 0.29) is 17.1 Å². The number of rotatable bonds is 3. The van der Waals surface area contributed by atoms with Gasteiger partial charge in [-0.25, -0.2) is 0 Å². The van der Waals surface area contributed by atoms with Crippen LogP contribution in [0.3, 0.4) is 0 Å². The SMILES string of the molecule is CC(C)(C)[Si](C)(C)OC1CCC(C(=O)O)C1. The second-order valence-corrected chi connectivity index (χ2v) is 11.1. The van der Waals surface area contributed by atoms with Gasteiger partial charge in [-0.2, -0.15) is 0 Å². The molecule has 0 aromatic rings. The molecule has 16 heavy (non-hydrogen) atoms. The highest BCUT2D eigenvalue weighted by Crippen LogP contribution is 2.40. The van der Waals surface area contributed by atoms with Crippen LogP contribution in [0.5, 0.6) is 0 Å². The molecule has 1 saturated carbocycles. The van der Waals surface area contributed by atoms with Crippen LogP contribution in [-0.2, 0) is 9.22 Å². The van der Waals surface area contributed by atoms with E-state index < -0.39 is 14.3 Å². The van der Waals surface area contributed by atoms with E-state index in [4.69, 9.17) is 9.53 Å². The van der Waals surface area contributed by atoms with Crippen molar-refractivity contribution in [3.63, 3.8) is 0 Å². The third-order valence-corrected chi connectivity index (χ3v) is 8.54. The first-order valence-corrected chi connectivity index (χ1v) is 8.95. The molecule has 1 N–H and O–H groups in total. The molecule has 2 atom stereocenters. The number of carboxylic acid groups (broad SMARTS) is 1. The zero-order valence-corrected chi connectivity index (χ0v) is 12.0. The lowest BCUT2D eigenvalue weighted by Crippen LogP contribution is -2.43. The fourth-order valence-electron chi connectivity index (χ4n) is 1.86. The number of carboxylic acids is 1. The third-order valence-electron chi connectivity index (χ3n) is 4.00. The van der Waals surface area contributed by atoms with E-state index in [0.29, 0.717) is 6.42 Å². The van der Waals surface area contributed by atoms with Crippen molar-refractivity contribution in [2.75, 3.05) is 0 Å². The Morgan fingerprint density at radius 1 is 1.31 bits per heavy atom. The van der Waals surface area contributed by atoms with E-state index in [2.05, 4.69) is 33.9 Å². The lowest BCUT2D eigenvalue weighted by atomic mass is 10.1. The first-order valence-electron chi connectivity index (χ1n) is 6.04. The Balaban J connectivity index is 2.54. The van der Waals surface area contributed by atoms with E-state index in [1.165, 1.54) is 0 Å². The summed E-state index contributed by atoms with van der Waals surface area (Å²) in [6, 6.07) is 0. The summed E-state index contributed by atoms with van der Waals surface area (Å²) in [5.41, 5.74) is 0. The molecular weight excluding hydrogens is 220 g/mol. The van der Waals surface area contributed by atoms with E-state index in [1.54, 1.807) is 0 Å². The maximum absolute atomic E-state index is 10.9. The molecule has 3 nitrogen and oxygen atoms in total. The molecule has 94 valence electrons. The van der Waals surface area contributed by atoms with Gasteiger partial charge in [0.1, 0.15) is 0 Å². The molecule has 1 fully saturated rings. The molecule has 4 heteroatoms. The van der Waals surface area contributed by atoms with Crippen LogP contribution in [0.15, 0.2) is 0 Å². The van der Waals surface area contributed by atoms with Crippen LogP contribution in [0, 0.1) is 5.92 Å². The Kier molecular flexibility index (Phi) is 3.85. The Morgan fingerprint density at radius 2 is 1.88 bits per heavy atom. The first-order chi connectivity index (χ1) is 7.13. The van der Waals surface area contributed by atoms with Crippen LogP contribution in [0.4, 0.5) is 0 Å². The summed E-state index contributed by atoms with van der Waals surface area (Å²) in [6.45, 7) is 11.1. The summed E-state index contributed by atoms with van der Waals surface area (Å²) in [6.07, 6.45) is 2.54. The third kappa shape index (κ3) is 3.07. The van der Waals surface area contributed by atoms with Crippen molar-refractivity contribution in [3.05, 3.63) is 0 Å². The molecule has 1 aliphatic carbocycles. The zero-order valence-electron chi connectivity index (χ0n) is 11.0. The fraction of sp³-hybridized carbons (Fsp3) is 0.917. The Hall–Kier alpha value is -0.353. The predicted octanol–water partition coefficient (Wildman–Crippen LogP) is 3.26. The van der Waals surface area contributed by atoms with Crippen LogP contribution in [0.25, 0.3) is 0 Å². The second kappa shape index (κ2) is 4.49. The summed E-state index contributed by atoms with van der Waals surface area (Å²) < 4.78 is 6.22. The standard InChI is InChI=1S/C12H24O3Si/c1-12(2,3)16(4,5)15-10-7-6-9(8-10)11(13)14/h9-10H,6-8H2,1-5H3,(H,13,14). The van der Waals surface area contributed by atoms with Crippen molar-refractivity contribution in [1.29, 1.82) is 0 Å². The molecule has 0 aromatic carbocycles. The molecule has 1 rings (SSSR count). The van der Waals surface area contributed by atoms with Crippen molar-refractivity contribution < 1.29 is 14.3 Å². The lowest BCUT2D eigenvalue weighted by molar-refractivity contribution is -0.141. The minimum Gasteiger partial charge on any atom is -0.481 e. The van der Waals surface area contributed by atoms with Gasteiger partial charge in [0.05, 0.1) is 5.92 Å². The Labute approximate surface area is 99.3 Å². The van der Waals surface area contributed by atoms with Gasteiger partial charge in [0.25, 0.3) is 0 Å². The van der Waals surface area contributed by atoms with Gasteiger partial charge in [0.2, 0.25) is 0 Å². The van der Waals surface area contributed by atoms with Crippen LogP contribution in [0.2, 0.25) is 18.1 Å². The van der Waals surface area contributed by atoms with Crippen LogP contribution < -0.4 is 0 Å². The maximum Gasteiger partial charge on any atom is 0.306 e. The van der Waals surface area contributed by atoms with Crippen LogP contribution in [-0.4, -0.2) is 25.5 Å². The van der Waals surface area contributed by atoms with Crippen molar-refractivity contribution in [1.82, 2.24) is 0 Å². The molecule has 0 heterocycles. The number of carbonyl (C=O) groups is 1. The Morgan fingerprint density at radius 3 is 2.25 bits per heavy atom. The Bertz CT molecular complexity index is 268. The quantitative estimate of drug-likeness (QED) is 0.775. The minimum absolute atomic E-state index is 0.169. The molecule has 0 saturated heterocycles. The van der Waals surface area contributed by atoms with Gasteiger partial charge < -0.3 is 9.53 Å². The summed E-state index contributed by atoms with van der Waals surface area (Å²) in [4.78, 5) is 10.9. The molecule has 0 radical (unpaired) electrons. The monoisotopic (exact) mass is 244 g/mol. The predicted molar refractivity (Wildman–Crippen MR) is 67.0 cm³/mol. The molecule has 0 spiro atoms. The molecular formula is C12H24O3Si. The maximum atomic E-state index is 10.9. The van der Waals surface area contributed by atoms with Crippen molar-refractivity contribution >= 4 is 14.3 Å². The summed E-state index contributed by atoms with van der Waals surface area (Å²) in [5, 5.41) is 9.15. The molecule has 0 aliphatic heterocycles. The van der Waals surface area contributed by atoms with Gasteiger partial charge in [-0.3, -0.25) is 4.79 Å². The smallest absolute Gasteiger partial charge is 0.306 e.